The molecule has 6 aromatic carbocycles. The summed E-state index contributed by atoms with van der Waals surface area (Å²) in [5, 5.41) is 5.55. The van der Waals surface area contributed by atoms with Crippen LogP contribution in [0, 0.1) is 10.8 Å². The minimum atomic E-state index is -0.826. The van der Waals surface area contributed by atoms with Gasteiger partial charge in [0, 0.05) is 9.52 Å². The molecule has 0 atom stereocenters. The van der Waals surface area contributed by atoms with Gasteiger partial charge in [0.15, 0.2) is 0 Å². The summed E-state index contributed by atoms with van der Waals surface area (Å²) >= 11 is -0.826. The van der Waals surface area contributed by atoms with Gasteiger partial charge >= 0.3 is 37.9 Å². The Bertz CT molecular complexity index is 1980. The molecule has 2 saturated carbocycles. The standard InChI is InChI=1S/2C26H31.C4H10Si.2ClH.Zr/c2*1-26(2,3)18-19-16-23-10-7-11-24(25(23)17-19)22-14-12-21(13-15-22)20-8-5-4-6-9-20;1-3-4-5-2;;;/h2*7,10-17,20H,4-6,8-9,18H2,1-3H3;3-4H2,1-2H3;2*1H;/q2*-1;;;;+4/p-2. The van der Waals surface area contributed by atoms with E-state index in [1.54, 1.807) is 0 Å². The van der Waals surface area contributed by atoms with Crippen LogP contribution in [0.1, 0.15) is 153 Å². The Balaban J connectivity index is 0.000000193. The van der Waals surface area contributed by atoms with Crippen molar-refractivity contribution in [1.29, 1.82) is 0 Å². The summed E-state index contributed by atoms with van der Waals surface area (Å²) < 4.78 is 0. The van der Waals surface area contributed by atoms with Crippen molar-refractivity contribution in [3.63, 3.8) is 0 Å². The Morgan fingerprint density at radius 2 is 0.933 bits per heavy atom. The summed E-state index contributed by atoms with van der Waals surface area (Å²) in [6.07, 6.45) is 17.5. The van der Waals surface area contributed by atoms with Crippen molar-refractivity contribution in [2.45, 2.75) is 156 Å². The van der Waals surface area contributed by atoms with Gasteiger partial charge in [-0.15, -0.1) is 69.1 Å². The molecule has 8 rings (SSSR count). The first-order valence-corrected chi connectivity index (χ1v) is 31.0. The van der Waals surface area contributed by atoms with E-state index in [-0.39, 0.29) is 0 Å². The number of rotatable bonds is 8. The van der Waals surface area contributed by atoms with Gasteiger partial charge in [-0.3, -0.25) is 0 Å². The van der Waals surface area contributed by atoms with Crippen LogP contribution < -0.4 is 0 Å². The molecule has 6 aromatic rings. The molecule has 2 aliphatic rings. The Kier molecular flexibility index (Phi) is 19.5. The number of hydrogen-bond donors (Lipinski definition) is 0. The maximum atomic E-state index is 4.93. The topological polar surface area (TPSA) is 0 Å². The van der Waals surface area contributed by atoms with E-state index in [4.69, 9.17) is 17.0 Å². The number of halogens is 2. The molecule has 0 aromatic heterocycles. The predicted octanol–water partition coefficient (Wildman–Crippen LogP) is 18.7. The molecule has 0 saturated heterocycles. The molecule has 0 amide bonds. The molecule has 2 fully saturated rings. The second-order valence-corrected chi connectivity index (χ2v) is 24.8. The first-order chi connectivity index (χ1) is 28.8. The predicted molar refractivity (Wildman–Crippen MR) is 266 cm³/mol. The first-order valence-electron chi connectivity index (χ1n) is 23.0. The van der Waals surface area contributed by atoms with E-state index >= 15 is 0 Å². The van der Waals surface area contributed by atoms with Crippen LogP contribution in [0.4, 0.5) is 0 Å². The zero-order valence-corrected chi connectivity index (χ0v) is 43.2. The molecule has 0 unspecified atom stereocenters. The van der Waals surface area contributed by atoms with Crippen molar-refractivity contribution < 1.29 is 20.8 Å². The zero-order valence-electron chi connectivity index (χ0n) is 38.2. The van der Waals surface area contributed by atoms with Crippen LogP contribution in [-0.4, -0.2) is 9.52 Å². The van der Waals surface area contributed by atoms with Gasteiger partial charge in [-0.1, -0.05) is 178 Å². The molecule has 2 radical (unpaired) electrons. The molecule has 0 heterocycles. The fourth-order valence-corrected chi connectivity index (χ4v) is 10.0. The van der Waals surface area contributed by atoms with Crippen molar-refractivity contribution in [1.82, 2.24) is 0 Å². The molecule has 0 nitrogen and oxygen atoms in total. The molecule has 4 heteroatoms. The van der Waals surface area contributed by atoms with Gasteiger partial charge in [0.2, 0.25) is 0 Å². The van der Waals surface area contributed by atoms with E-state index in [2.05, 4.69) is 164 Å². The summed E-state index contributed by atoms with van der Waals surface area (Å²) in [7, 11) is 11.0. The van der Waals surface area contributed by atoms with Crippen molar-refractivity contribution in [3.8, 4) is 22.3 Å². The monoisotopic (exact) mass is 932 g/mol. The van der Waals surface area contributed by atoms with Crippen LogP contribution in [-0.2, 0) is 33.7 Å². The van der Waals surface area contributed by atoms with Gasteiger partial charge < -0.3 is 0 Å². The van der Waals surface area contributed by atoms with Crippen molar-refractivity contribution >= 4 is 48.1 Å². The van der Waals surface area contributed by atoms with Crippen molar-refractivity contribution in [3.05, 3.63) is 131 Å². The quantitative estimate of drug-likeness (QED) is 0.105. The molecular weight excluding hydrogens is 863 g/mol. The SMILES string of the molecule is CC(C)(C)Cc1cc2c(-c3ccc(C4CCCCC4)cc3)cccc2[cH-]1.CC(C)(C)Cc1cc2c(-c3ccc(C4CCCCC4)cc3)cccc2[cH-]1.CCC[Si]C.[Cl][Zr+2][Cl]. The number of fused-ring (bicyclic) bond motifs is 2. The Hall–Kier alpha value is -2.22. The van der Waals surface area contributed by atoms with Crippen LogP contribution in [0.3, 0.4) is 0 Å². The van der Waals surface area contributed by atoms with Crippen molar-refractivity contribution in [2.24, 2.45) is 10.8 Å². The van der Waals surface area contributed by atoms with Crippen LogP contribution in [0.5, 0.6) is 0 Å². The van der Waals surface area contributed by atoms with E-state index in [0.29, 0.717) is 10.8 Å². The molecule has 0 bridgehead atoms. The summed E-state index contributed by atoms with van der Waals surface area (Å²) in [6, 6.07) is 43.3. The molecule has 0 N–H and O–H groups in total. The van der Waals surface area contributed by atoms with Crippen molar-refractivity contribution in [2.75, 3.05) is 0 Å². The van der Waals surface area contributed by atoms with Gasteiger partial charge in [0.1, 0.15) is 0 Å². The van der Waals surface area contributed by atoms with E-state index in [1.807, 2.05) is 0 Å². The number of benzene rings is 4. The second kappa shape index (κ2) is 24.0. The second-order valence-electron chi connectivity index (χ2n) is 19.9. The number of hydrogen-bond acceptors (Lipinski definition) is 0. The zero-order chi connectivity index (χ0) is 43.1. The van der Waals surface area contributed by atoms with Gasteiger partial charge in [0.05, 0.1) is 0 Å². The fraction of sp³-hybridized carbons (Fsp3) is 0.464. The molecule has 0 aliphatic heterocycles. The van der Waals surface area contributed by atoms with Gasteiger partial charge in [-0.25, -0.2) is 0 Å². The third kappa shape index (κ3) is 15.0. The molecule has 2 aliphatic carbocycles. The van der Waals surface area contributed by atoms with Crippen LogP contribution in [0.25, 0.3) is 43.8 Å². The minimum absolute atomic E-state index is 0.326. The van der Waals surface area contributed by atoms with E-state index < -0.39 is 20.8 Å². The van der Waals surface area contributed by atoms with Gasteiger partial charge in [-0.05, 0) is 83.4 Å². The fourth-order valence-electron chi connectivity index (χ4n) is 9.52. The molecule has 318 valence electrons. The average molecular weight is 935 g/mol. The maximum absolute atomic E-state index is 4.93. The normalized spacial score (nSPS) is 15.0. The molecule has 60 heavy (non-hydrogen) atoms. The third-order valence-electron chi connectivity index (χ3n) is 12.2. The summed E-state index contributed by atoms with van der Waals surface area (Å²) in [4.78, 5) is 0. The van der Waals surface area contributed by atoms with Gasteiger partial charge in [0.25, 0.3) is 0 Å². The van der Waals surface area contributed by atoms with Crippen LogP contribution in [0.15, 0.2) is 109 Å². The van der Waals surface area contributed by atoms with E-state index in [1.165, 1.54) is 143 Å². The van der Waals surface area contributed by atoms with Gasteiger partial charge in [-0.2, -0.15) is 12.1 Å². The summed E-state index contributed by atoms with van der Waals surface area (Å²) in [5.41, 5.74) is 12.1. The molecular formula is C56H72Cl2SiZr. The first kappa shape index (κ1) is 48.8. The molecule has 0 spiro atoms. The third-order valence-corrected chi connectivity index (χ3v) is 13.2. The van der Waals surface area contributed by atoms with Crippen LogP contribution in [0.2, 0.25) is 12.6 Å². The Labute approximate surface area is 386 Å². The average Bonchev–Trinajstić information content (AvgIpc) is 3.84. The van der Waals surface area contributed by atoms with E-state index in [0.717, 1.165) is 34.2 Å². The van der Waals surface area contributed by atoms with Crippen LogP contribution >= 0.6 is 17.0 Å². The Morgan fingerprint density at radius 3 is 1.23 bits per heavy atom. The van der Waals surface area contributed by atoms with E-state index in [9.17, 15) is 0 Å². The Morgan fingerprint density at radius 1 is 0.567 bits per heavy atom. The summed E-state index contributed by atoms with van der Waals surface area (Å²) in [6.45, 7) is 18.3. The summed E-state index contributed by atoms with van der Waals surface area (Å²) in [5.74, 6) is 1.57.